The summed E-state index contributed by atoms with van der Waals surface area (Å²) in [6, 6.07) is 11.0. The summed E-state index contributed by atoms with van der Waals surface area (Å²) in [5, 5.41) is 4.83. The second-order valence-electron chi connectivity index (χ2n) is 4.07. The van der Waals surface area contributed by atoms with Gasteiger partial charge in [-0.15, -0.1) is 0 Å². The van der Waals surface area contributed by atoms with E-state index in [4.69, 9.17) is 0 Å². The van der Waals surface area contributed by atoms with Crippen molar-refractivity contribution in [3.8, 4) is 0 Å². The minimum atomic E-state index is 0.526. The van der Waals surface area contributed by atoms with E-state index in [2.05, 4.69) is 34.6 Å². The first-order valence-corrected chi connectivity index (χ1v) is 5.52. The first-order valence-electron chi connectivity index (χ1n) is 5.52. The number of nitrogens with one attached hydrogen (secondary N) is 1. The number of fused-ring (bicyclic) bond motifs is 1. The summed E-state index contributed by atoms with van der Waals surface area (Å²) >= 11 is 0. The van der Waals surface area contributed by atoms with Crippen LogP contribution < -0.4 is 5.32 Å². The maximum Gasteiger partial charge on any atom is 0.0705 e. The average Bonchev–Trinajstić information content (AvgIpc) is 2.82. The fourth-order valence-corrected chi connectivity index (χ4v) is 2.37. The number of hydrogen-bond donors (Lipinski definition) is 1. The summed E-state index contributed by atoms with van der Waals surface area (Å²) in [5.74, 6) is 0. The van der Waals surface area contributed by atoms with Crippen molar-refractivity contribution in [2.75, 3.05) is 6.54 Å². The summed E-state index contributed by atoms with van der Waals surface area (Å²) < 4.78 is 0. The van der Waals surface area contributed by atoms with Gasteiger partial charge in [0.15, 0.2) is 0 Å². The summed E-state index contributed by atoms with van der Waals surface area (Å²) in [6.45, 7) is 1.14. The van der Waals surface area contributed by atoms with Gasteiger partial charge in [0.2, 0.25) is 0 Å². The van der Waals surface area contributed by atoms with Crippen LogP contribution in [0.4, 0.5) is 0 Å². The van der Waals surface area contributed by atoms with Gasteiger partial charge in [0.05, 0.1) is 5.52 Å². The molecule has 2 aromatic rings. The standard InChI is InChI=1S/C13H14N2/c1-2-5-12-10(4-1)11(7-9-15-12)13-6-3-8-14-13/h1-2,4-5,7,9,13-14H,3,6,8H2/t13-/m1/s1. The molecule has 1 atom stereocenters. The van der Waals surface area contributed by atoms with Gasteiger partial charge >= 0.3 is 0 Å². The Morgan fingerprint density at radius 3 is 3.00 bits per heavy atom. The minimum Gasteiger partial charge on any atom is -0.310 e. The van der Waals surface area contributed by atoms with E-state index in [1.807, 2.05) is 12.3 Å². The van der Waals surface area contributed by atoms with Crippen LogP contribution in [0.1, 0.15) is 24.4 Å². The van der Waals surface area contributed by atoms with Crippen LogP contribution in [0.5, 0.6) is 0 Å². The summed E-state index contributed by atoms with van der Waals surface area (Å²) in [5.41, 5.74) is 2.50. The molecule has 1 fully saturated rings. The number of rotatable bonds is 1. The van der Waals surface area contributed by atoms with E-state index < -0.39 is 0 Å². The van der Waals surface area contributed by atoms with Crippen LogP contribution in [0.3, 0.4) is 0 Å². The molecule has 0 amide bonds. The first kappa shape index (κ1) is 8.86. The molecule has 1 N–H and O–H groups in total. The fourth-order valence-electron chi connectivity index (χ4n) is 2.37. The molecular weight excluding hydrogens is 184 g/mol. The van der Waals surface area contributed by atoms with E-state index >= 15 is 0 Å². The third-order valence-electron chi connectivity index (χ3n) is 3.12. The molecule has 0 saturated carbocycles. The molecule has 2 heteroatoms. The second kappa shape index (κ2) is 3.63. The molecule has 1 aliphatic heterocycles. The maximum absolute atomic E-state index is 4.39. The molecule has 2 heterocycles. The molecule has 1 aromatic heterocycles. The lowest BCUT2D eigenvalue weighted by molar-refractivity contribution is 0.652. The Morgan fingerprint density at radius 1 is 1.20 bits per heavy atom. The molecule has 15 heavy (non-hydrogen) atoms. The Hall–Kier alpha value is -1.41. The van der Waals surface area contributed by atoms with E-state index in [9.17, 15) is 0 Å². The van der Waals surface area contributed by atoms with E-state index in [1.54, 1.807) is 0 Å². The van der Waals surface area contributed by atoms with Crippen LogP contribution in [-0.2, 0) is 0 Å². The lowest BCUT2D eigenvalue weighted by atomic mass is 10.0. The van der Waals surface area contributed by atoms with Gasteiger partial charge in [-0.2, -0.15) is 0 Å². The van der Waals surface area contributed by atoms with Gasteiger partial charge in [-0.05, 0) is 37.1 Å². The quantitative estimate of drug-likeness (QED) is 0.762. The minimum absolute atomic E-state index is 0.526. The van der Waals surface area contributed by atoms with E-state index in [-0.39, 0.29) is 0 Å². The first-order chi connectivity index (χ1) is 7.45. The van der Waals surface area contributed by atoms with Crippen molar-refractivity contribution in [2.24, 2.45) is 0 Å². The van der Waals surface area contributed by atoms with Crippen molar-refractivity contribution < 1.29 is 0 Å². The van der Waals surface area contributed by atoms with Crippen molar-refractivity contribution in [1.82, 2.24) is 10.3 Å². The molecule has 0 spiro atoms. The lowest BCUT2D eigenvalue weighted by Gasteiger charge is -2.12. The van der Waals surface area contributed by atoms with Crippen molar-refractivity contribution in [3.05, 3.63) is 42.1 Å². The van der Waals surface area contributed by atoms with Gasteiger partial charge in [-0.25, -0.2) is 0 Å². The van der Waals surface area contributed by atoms with Gasteiger partial charge < -0.3 is 5.32 Å². The molecular formula is C13H14N2. The molecule has 3 rings (SSSR count). The Balaban J connectivity index is 2.16. The van der Waals surface area contributed by atoms with Gasteiger partial charge in [0.25, 0.3) is 0 Å². The molecule has 1 aromatic carbocycles. The highest BCUT2D eigenvalue weighted by Gasteiger charge is 2.17. The maximum atomic E-state index is 4.39. The smallest absolute Gasteiger partial charge is 0.0705 e. The van der Waals surface area contributed by atoms with Crippen LogP contribution in [0.25, 0.3) is 10.9 Å². The van der Waals surface area contributed by atoms with Crippen LogP contribution in [-0.4, -0.2) is 11.5 Å². The molecule has 76 valence electrons. The van der Waals surface area contributed by atoms with Gasteiger partial charge in [-0.1, -0.05) is 18.2 Å². The van der Waals surface area contributed by atoms with Gasteiger partial charge in [-0.3, -0.25) is 4.98 Å². The summed E-state index contributed by atoms with van der Waals surface area (Å²) in [6.07, 6.45) is 4.44. The van der Waals surface area contributed by atoms with Crippen LogP contribution in [0.15, 0.2) is 36.5 Å². The Bertz CT molecular complexity index is 467. The highest BCUT2D eigenvalue weighted by Crippen LogP contribution is 2.28. The summed E-state index contributed by atoms with van der Waals surface area (Å²) in [7, 11) is 0. The Morgan fingerprint density at radius 2 is 2.13 bits per heavy atom. The van der Waals surface area contributed by atoms with Crippen molar-refractivity contribution in [3.63, 3.8) is 0 Å². The Labute approximate surface area is 89.3 Å². The van der Waals surface area contributed by atoms with Crippen LogP contribution in [0, 0.1) is 0 Å². The predicted octanol–water partition coefficient (Wildman–Crippen LogP) is 2.66. The summed E-state index contributed by atoms with van der Waals surface area (Å²) in [4.78, 5) is 4.39. The largest absolute Gasteiger partial charge is 0.310 e. The lowest BCUT2D eigenvalue weighted by Crippen LogP contribution is -2.13. The molecule has 0 radical (unpaired) electrons. The predicted molar refractivity (Wildman–Crippen MR) is 61.7 cm³/mol. The number of para-hydroxylation sites is 1. The third kappa shape index (κ3) is 1.51. The van der Waals surface area contributed by atoms with Gasteiger partial charge in [0, 0.05) is 17.6 Å². The number of hydrogen-bond acceptors (Lipinski definition) is 2. The van der Waals surface area contributed by atoms with Crippen molar-refractivity contribution >= 4 is 10.9 Å². The zero-order valence-corrected chi connectivity index (χ0v) is 8.61. The average molecular weight is 198 g/mol. The number of pyridine rings is 1. The molecule has 2 nitrogen and oxygen atoms in total. The third-order valence-corrected chi connectivity index (χ3v) is 3.12. The monoisotopic (exact) mass is 198 g/mol. The highest BCUT2D eigenvalue weighted by molar-refractivity contribution is 5.82. The zero-order valence-electron chi connectivity index (χ0n) is 8.61. The zero-order chi connectivity index (χ0) is 10.1. The van der Waals surface area contributed by atoms with E-state index in [1.165, 1.54) is 23.8 Å². The van der Waals surface area contributed by atoms with Crippen molar-refractivity contribution in [1.29, 1.82) is 0 Å². The molecule has 0 unspecified atom stereocenters. The van der Waals surface area contributed by atoms with Crippen LogP contribution >= 0.6 is 0 Å². The van der Waals surface area contributed by atoms with Crippen LogP contribution in [0.2, 0.25) is 0 Å². The molecule has 1 saturated heterocycles. The van der Waals surface area contributed by atoms with Crippen molar-refractivity contribution in [2.45, 2.75) is 18.9 Å². The van der Waals surface area contributed by atoms with Gasteiger partial charge in [0.1, 0.15) is 0 Å². The molecule has 0 bridgehead atoms. The van der Waals surface area contributed by atoms with E-state index in [0.717, 1.165) is 12.1 Å². The van der Waals surface area contributed by atoms with E-state index in [0.29, 0.717) is 6.04 Å². The molecule has 0 aliphatic carbocycles. The SMILES string of the molecule is c1ccc2c([C@H]3CCCN3)ccnc2c1. The topological polar surface area (TPSA) is 24.9 Å². The normalized spacial score (nSPS) is 20.9. The fraction of sp³-hybridized carbons (Fsp3) is 0.308. The highest BCUT2D eigenvalue weighted by atomic mass is 14.9. The number of benzene rings is 1. The molecule has 1 aliphatic rings. The number of aromatic nitrogens is 1. The Kier molecular flexibility index (Phi) is 2.14. The number of nitrogens with zero attached hydrogens (tertiary/aromatic N) is 1. The second-order valence-corrected chi connectivity index (χ2v) is 4.07.